The van der Waals surface area contributed by atoms with Crippen LogP contribution in [-0.2, 0) is 6.18 Å². The molecule has 0 radical (unpaired) electrons. The molecule has 0 aliphatic heterocycles. The minimum Gasteiger partial charge on any atom is -0.320 e. The molecule has 0 aliphatic carbocycles. The van der Waals surface area contributed by atoms with Gasteiger partial charge in [0.25, 0.3) is 5.91 Å². The lowest BCUT2D eigenvalue weighted by Gasteiger charge is -2.15. The van der Waals surface area contributed by atoms with E-state index in [0.717, 1.165) is 12.1 Å². The first-order valence-electron chi connectivity index (χ1n) is 8.15. The topological polar surface area (TPSA) is 72.7 Å². The lowest BCUT2D eigenvalue weighted by Crippen LogP contribution is -2.15. The van der Waals surface area contributed by atoms with E-state index >= 15 is 0 Å². The van der Waals surface area contributed by atoms with Crippen LogP contribution in [0.2, 0.25) is 0 Å². The fourth-order valence-corrected chi connectivity index (χ4v) is 2.72. The van der Waals surface area contributed by atoms with Gasteiger partial charge in [-0.25, -0.2) is 4.68 Å². The summed E-state index contributed by atoms with van der Waals surface area (Å²) in [6.07, 6.45) is 1.55. The number of alkyl halides is 3. The van der Waals surface area contributed by atoms with Gasteiger partial charge in [0.2, 0.25) is 0 Å². The highest BCUT2D eigenvalue weighted by Crippen LogP contribution is 2.33. The Morgan fingerprint density at radius 2 is 1.75 bits per heavy atom. The zero-order valence-corrected chi connectivity index (χ0v) is 14.2. The lowest BCUT2D eigenvalue weighted by atomic mass is 10.1. The van der Waals surface area contributed by atoms with E-state index < -0.39 is 17.6 Å². The van der Waals surface area contributed by atoms with Gasteiger partial charge in [-0.05, 0) is 42.5 Å². The Labute approximate surface area is 156 Å². The molecule has 4 aromatic rings. The van der Waals surface area contributed by atoms with Crippen molar-refractivity contribution in [3.05, 3.63) is 78.4 Å². The number of carbonyl (C=O) groups excluding carboxylic acids is 1. The summed E-state index contributed by atoms with van der Waals surface area (Å²) in [4.78, 5) is 20.9. The summed E-state index contributed by atoms with van der Waals surface area (Å²) in [7, 11) is 0. The van der Waals surface area contributed by atoms with Crippen LogP contribution in [0.1, 0.15) is 15.9 Å². The molecule has 2 aromatic heterocycles. The third kappa shape index (κ3) is 3.41. The molecule has 9 heteroatoms. The molecule has 4 rings (SSSR count). The Morgan fingerprint density at radius 1 is 0.964 bits per heavy atom. The van der Waals surface area contributed by atoms with Crippen LogP contribution < -0.4 is 5.32 Å². The summed E-state index contributed by atoms with van der Waals surface area (Å²) in [6, 6.07) is 9.40. The SMILES string of the molecule is O=C(Nc1cc(C(F)(F)F)ccc1-n1cccn1)c1ccc2nccnc2c1. The number of benzene rings is 2. The first kappa shape index (κ1) is 17.7. The molecule has 0 saturated heterocycles. The molecule has 140 valence electrons. The number of nitrogens with zero attached hydrogens (tertiary/aromatic N) is 4. The Morgan fingerprint density at radius 3 is 2.46 bits per heavy atom. The Bertz CT molecular complexity index is 1160. The number of hydrogen-bond donors (Lipinski definition) is 1. The van der Waals surface area contributed by atoms with Crippen LogP contribution in [0.25, 0.3) is 16.7 Å². The predicted molar refractivity (Wildman–Crippen MR) is 96.1 cm³/mol. The minimum absolute atomic E-state index is 0.0113. The van der Waals surface area contributed by atoms with Gasteiger partial charge in [0, 0.05) is 30.4 Å². The van der Waals surface area contributed by atoms with Crippen LogP contribution >= 0.6 is 0 Å². The summed E-state index contributed by atoms with van der Waals surface area (Å²) < 4.78 is 40.8. The maximum Gasteiger partial charge on any atom is 0.416 e. The summed E-state index contributed by atoms with van der Waals surface area (Å²) in [5.41, 5.74) is 0.788. The molecular formula is C19H12F3N5O. The van der Waals surface area contributed by atoms with Crippen molar-refractivity contribution in [3.63, 3.8) is 0 Å². The predicted octanol–water partition coefficient (Wildman–Crippen LogP) is 4.09. The second-order valence-corrected chi connectivity index (χ2v) is 5.89. The van der Waals surface area contributed by atoms with E-state index in [2.05, 4.69) is 20.4 Å². The van der Waals surface area contributed by atoms with Crippen LogP contribution in [0.3, 0.4) is 0 Å². The first-order valence-corrected chi connectivity index (χ1v) is 8.15. The van der Waals surface area contributed by atoms with Crippen molar-refractivity contribution in [2.75, 3.05) is 5.32 Å². The number of nitrogens with one attached hydrogen (secondary N) is 1. The van der Waals surface area contributed by atoms with E-state index in [4.69, 9.17) is 0 Å². The van der Waals surface area contributed by atoms with Crippen molar-refractivity contribution in [1.29, 1.82) is 0 Å². The zero-order valence-electron chi connectivity index (χ0n) is 14.2. The molecule has 2 heterocycles. The number of hydrogen-bond acceptors (Lipinski definition) is 4. The molecule has 28 heavy (non-hydrogen) atoms. The minimum atomic E-state index is -4.54. The van der Waals surface area contributed by atoms with Crippen molar-refractivity contribution in [2.24, 2.45) is 0 Å². The second kappa shape index (κ2) is 6.76. The number of fused-ring (bicyclic) bond motifs is 1. The van der Waals surface area contributed by atoms with E-state index in [1.54, 1.807) is 18.3 Å². The normalized spacial score (nSPS) is 11.5. The summed E-state index contributed by atoms with van der Waals surface area (Å²) in [5.74, 6) is -0.569. The first-order chi connectivity index (χ1) is 13.4. The van der Waals surface area contributed by atoms with Gasteiger partial charge < -0.3 is 5.32 Å². The standard InChI is InChI=1S/C19H12F3N5O/c20-19(21,22)13-3-5-17(27-9-1-6-25-27)16(11-13)26-18(28)12-2-4-14-15(10-12)24-8-7-23-14/h1-11H,(H,26,28). The van der Waals surface area contributed by atoms with E-state index in [1.807, 2.05) is 0 Å². The van der Waals surface area contributed by atoms with Crippen LogP contribution in [0.4, 0.5) is 18.9 Å². The molecular weight excluding hydrogens is 371 g/mol. The van der Waals surface area contributed by atoms with Crippen LogP contribution in [-0.4, -0.2) is 25.7 Å². The molecule has 2 aromatic carbocycles. The van der Waals surface area contributed by atoms with Crippen molar-refractivity contribution < 1.29 is 18.0 Å². The molecule has 0 unspecified atom stereocenters. The average molecular weight is 383 g/mol. The summed E-state index contributed by atoms with van der Waals surface area (Å²) in [6.45, 7) is 0. The van der Waals surface area contributed by atoms with Gasteiger partial charge in [-0.1, -0.05) is 0 Å². The Kier molecular flexibility index (Phi) is 4.26. The number of aromatic nitrogens is 4. The molecule has 0 atom stereocenters. The lowest BCUT2D eigenvalue weighted by molar-refractivity contribution is -0.137. The Hall–Kier alpha value is -3.75. The molecule has 0 aliphatic rings. The highest BCUT2D eigenvalue weighted by atomic mass is 19.4. The molecule has 0 bridgehead atoms. The maximum atomic E-state index is 13.1. The highest BCUT2D eigenvalue weighted by molar-refractivity contribution is 6.06. The quantitative estimate of drug-likeness (QED) is 0.578. The van der Waals surface area contributed by atoms with Gasteiger partial charge in [-0.3, -0.25) is 14.8 Å². The van der Waals surface area contributed by atoms with Gasteiger partial charge in [-0.15, -0.1) is 0 Å². The van der Waals surface area contributed by atoms with Crippen LogP contribution in [0.5, 0.6) is 0 Å². The largest absolute Gasteiger partial charge is 0.416 e. The van der Waals surface area contributed by atoms with Gasteiger partial charge in [0.05, 0.1) is 28.0 Å². The van der Waals surface area contributed by atoms with Crippen molar-refractivity contribution >= 4 is 22.6 Å². The molecule has 6 nitrogen and oxygen atoms in total. The average Bonchev–Trinajstić information content (AvgIpc) is 3.21. The number of halogens is 3. The smallest absolute Gasteiger partial charge is 0.320 e. The third-order valence-electron chi connectivity index (χ3n) is 4.05. The van der Waals surface area contributed by atoms with Crippen LogP contribution in [0, 0.1) is 0 Å². The van der Waals surface area contributed by atoms with E-state index in [0.29, 0.717) is 16.7 Å². The van der Waals surface area contributed by atoms with Crippen molar-refractivity contribution in [2.45, 2.75) is 6.18 Å². The fraction of sp³-hybridized carbons (Fsp3) is 0.0526. The highest BCUT2D eigenvalue weighted by Gasteiger charge is 2.31. The van der Waals surface area contributed by atoms with E-state index in [-0.39, 0.29) is 11.3 Å². The zero-order chi connectivity index (χ0) is 19.7. The maximum absolute atomic E-state index is 13.1. The molecule has 0 fully saturated rings. The van der Waals surface area contributed by atoms with Crippen molar-refractivity contribution in [1.82, 2.24) is 19.7 Å². The van der Waals surface area contributed by atoms with Crippen molar-refractivity contribution in [3.8, 4) is 5.69 Å². The summed E-state index contributed by atoms with van der Waals surface area (Å²) >= 11 is 0. The molecule has 0 saturated carbocycles. The second-order valence-electron chi connectivity index (χ2n) is 5.89. The fourth-order valence-electron chi connectivity index (χ4n) is 2.72. The van der Waals surface area contributed by atoms with E-state index in [9.17, 15) is 18.0 Å². The molecule has 1 amide bonds. The molecule has 1 N–H and O–H groups in total. The van der Waals surface area contributed by atoms with Gasteiger partial charge in [0.15, 0.2) is 0 Å². The number of anilines is 1. The number of carbonyl (C=O) groups is 1. The van der Waals surface area contributed by atoms with E-state index in [1.165, 1.54) is 41.5 Å². The van der Waals surface area contributed by atoms with Gasteiger partial charge in [-0.2, -0.15) is 18.3 Å². The summed E-state index contributed by atoms with van der Waals surface area (Å²) in [5, 5.41) is 6.57. The molecule has 0 spiro atoms. The number of rotatable bonds is 3. The van der Waals surface area contributed by atoms with Gasteiger partial charge in [0.1, 0.15) is 0 Å². The monoisotopic (exact) mass is 383 g/mol. The van der Waals surface area contributed by atoms with Gasteiger partial charge >= 0.3 is 6.18 Å². The Balaban J connectivity index is 1.73. The third-order valence-corrected chi connectivity index (χ3v) is 4.05. The van der Waals surface area contributed by atoms with Crippen LogP contribution in [0.15, 0.2) is 67.3 Å². The number of amides is 1.